The normalized spacial score (nSPS) is 10.7. The van der Waals surface area contributed by atoms with E-state index in [0.29, 0.717) is 18.8 Å². The molecule has 2 aromatic heterocycles. The summed E-state index contributed by atoms with van der Waals surface area (Å²) in [6.45, 7) is 4.59. The molecule has 0 bridgehead atoms. The van der Waals surface area contributed by atoms with E-state index < -0.39 is 5.97 Å². The van der Waals surface area contributed by atoms with Gasteiger partial charge in [-0.05, 0) is 13.8 Å². The zero-order valence-corrected chi connectivity index (χ0v) is 11.6. The summed E-state index contributed by atoms with van der Waals surface area (Å²) in [4.78, 5) is 16.0. The van der Waals surface area contributed by atoms with Gasteiger partial charge in [0.05, 0.1) is 18.8 Å². The van der Waals surface area contributed by atoms with E-state index in [0.717, 1.165) is 10.7 Å². The van der Waals surface area contributed by atoms with E-state index in [4.69, 9.17) is 10.5 Å². The molecule has 0 radical (unpaired) electrons. The summed E-state index contributed by atoms with van der Waals surface area (Å²) in [6, 6.07) is 0. The maximum atomic E-state index is 11.7. The third-order valence-electron chi connectivity index (χ3n) is 2.45. The van der Waals surface area contributed by atoms with E-state index in [1.165, 1.54) is 11.3 Å². The first-order chi connectivity index (χ1) is 9.15. The van der Waals surface area contributed by atoms with Gasteiger partial charge in [0.25, 0.3) is 0 Å². The third-order valence-corrected chi connectivity index (χ3v) is 3.40. The van der Waals surface area contributed by atoms with Crippen LogP contribution in [0.5, 0.6) is 0 Å². The lowest BCUT2D eigenvalue weighted by Gasteiger charge is -2.03. The molecule has 0 fully saturated rings. The third kappa shape index (κ3) is 2.96. The Morgan fingerprint density at radius 2 is 2.37 bits per heavy atom. The van der Waals surface area contributed by atoms with Crippen LogP contribution in [0.3, 0.4) is 0 Å². The van der Waals surface area contributed by atoms with Crippen molar-refractivity contribution in [2.24, 2.45) is 5.73 Å². The van der Waals surface area contributed by atoms with Crippen molar-refractivity contribution in [3.8, 4) is 0 Å². The Kier molecular flexibility index (Phi) is 4.23. The number of nitrogens with zero attached hydrogens (tertiary/aromatic N) is 4. The van der Waals surface area contributed by atoms with E-state index in [1.807, 2.05) is 12.3 Å². The predicted octanol–water partition coefficient (Wildman–Crippen LogP) is 0.727. The average Bonchev–Trinajstić information content (AvgIpc) is 2.96. The lowest BCUT2D eigenvalue weighted by Crippen LogP contribution is -2.14. The number of thiazole rings is 1. The molecule has 0 saturated carbocycles. The topological polar surface area (TPSA) is 95.9 Å². The Hall–Kier alpha value is -1.80. The van der Waals surface area contributed by atoms with Gasteiger partial charge in [-0.15, -0.1) is 16.4 Å². The van der Waals surface area contributed by atoms with Gasteiger partial charge in [0.2, 0.25) is 0 Å². The predicted molar refractivity (Wildman–Crippen MR) is 69.8 cm³/mol. The van der Waals surface area contributed by atoms with Gasteiger partial charge in [0.1, 0.15) is 5.01 Å². The molecule has 0 aliphatic rings. The van der Waals surface area contributed by atoms with Crippen LogP contribution in [0.4, 0.5) is 0 Å². The maximum Gasteiger partial charge on any atom is 0.360 e. The molecule has 0 spiro atoms. The first-order valence-electron chi connectivity index (χ1n) is 5.86. The Morgan fingerprint density at radius 3 is 2.95 bits per heavy atom. The van der Waals surface area contributed by atoms with Gasteiger partial charge in [0, 0.05) is 17.6 Å². The van der Waals surface area contributed by atoms with Gasteiger partial charge in [-0.3, -0.25) is 0 Å². The van der Waals surface area contributed by atoms with Gasteiger partial charge in [-0.1, -0.05) is 5.21 Å². The van der Waals surface area contributed by atoms with E-state index >= 15 is 0 Å². The van der Waals surface area contributed by atoms with Crippen LogP contribution in [0.25, 0.3) is 0 Å². The van der Waals surface area contributed by atoms with Gasteiger partial charge in [-0.2, -0.15) is 0 Å². The second-order valence-electron chi connectivity index (χ2n) is 3.85. The van der Waals surface area contributed by atoms with Gasteiger partial charge in [-0.25, -0.2) is 14.5 Å². The fourth-order valence-corrected chi connectivity index (χ4v) is 2.38. The molecule has 2 aromatic rings. The van der Waals surface area contributed by atoms with Crippen molar-refractivity contribution in [2.75, 3.05) is 6.61 Å². The number of rotatable bonds is 5. The Balaban J connectivity index is 2.24. The van der Waals surface area contributed by atoms with Crippen LogP contribution in [0.15, 0.2) is 5.38 Å². The zero-order valence-electron chi connectivity index (χ0n) is 10.8. The van der Waals surface area contributed by atoms with Crippen molar-refractivity contribution >= 4 is 17.3 Å². The molecule has 0 unspecified atom stereocenters. The van der Waals surface area contributed by atoms with Crippen molar-refractivity contribution in [1.29, 1.82) is 0 Å². The number of nitrogens with two attached hydrogens (primary N) is 1. The molecule has 2 heterocycles. The number of aromatic nitrogens is 4. The average molecular weight is 281 g/mol. The standard InChI is InChI=1S/C11H15N5O2S/c1-3-18-11(17)10-8(4-12)16(15-14-10)5-9-13-7(2)6-19-9/h6H,3-5,12H2,1-2H3. The van der Waals surface area contributed by atoms with Crippen LogP contribution >= 0.6 is 11.3 Å². The molecular weight excluding hydrogens is 266 g/mol. The minimum absolute atomic E-state index is 0.172. The molecule has 2 rings (SSSR count). The Bertz CT molecular complexity index is 577. The molecule has 19 heavy (non-hydrogen) atoms. The van der Waals surface area contributed by atoms with E-state index in [2.05, 4.69) is 15.3 Å². The number of carbonyl (C=O) groups excluding carboxylic acids is 1. The molecule has 0 saturated heterocycles. The van der Waals surface area contributed by atoms with Gasteiger partial charge < -0.3 is 10.5 Å². The summed E-state index contributed by atoms with van der Waals surface area (Å²) >= 11 is 1.53. The Labute approximate surface area is 114 Å². The second kappa shape index (κ2) is 5.89. The quantitative estimate of drug-likeness (QED) is 0.811. The number of aryl methyl sites for hydroxylation is 1. The minimum Gasteiger partial charge on any atom is -0.461 e. The van der Waals surface area contributed by atoms with Gasteiger partial charge in [0.15, 0.2) is 5.69 Å². The van der Waals surface area contributed by atoms with Crippen molar-refractivity contribution in [3.63, 3.8) is 0 Å². The van der Waals surface area contributed by atoms with Crippen LogP contribution in [-0.4, -0.2) is 32.6 Å². The molecule has 0 atom stereocenters. The Morgan fingerprint density at radius 1 is 1.58 bits per heavy atom. The lowest BCUT2D eigenvalue weighted by molar-refractivity contribution is 0.0518. The molecule has 0 aliphatic carbocycles. The monoisotopic (exact) mass is 281 g/mol. The van der Waals surface area contributed by atoms with E-state index in [-0.39, 0.29) is 12.2 Å². The van der Waals surface area contributed by atoms with Crippen LogP contribution in [0.1, 0.15) is 33.8 Å². The number of hydrogen-bond acceptors (Lipinski definition) is 7. The molecule has 7 nitrogen and oxygen atoms in total. The molecule has 2 N–H and O–H groups in total. The van der Waals surface area contributed by atoms with Crippen molar-refractivity contribution < 1.29 is 9.53 Å². The molecule has 0 aromatic carbocycles. The number of ether oxygens (including phenoxy) is 1. The first-order valence-corrected chi connectivity index (χ1v) is 6.74. The molecule has 8 heteroatoms. The summed E-state index contributed by atoms with van der Waals surface area (Å²) < 4.78 is 6.50. The largest absolute Gasteiger partial charge is 0.461 e. The van der Waals surface area contributed by atoms with Crippen LogP contribution < -0.4 is 5.73 Å². The SMILES string of the molecule is CCOC(=O)c1nnn(Cc2nc(C)cs2)c1CN. The first kappa shape index (κ1) is 13.6. The summed E-state index contributed by atoms with van der Waals surface area (Å²) in [5.74, 6) is -0.496. The maximum absolute atomic E-state index is 11.7. The zero-order chi connectivity index (χ0) is 13.8. The molecule has 102 valence electrons. The van der Waals surface area contributed by atoms with Crippen molar-refractivity contribution in [3.05, 3.63) is 27.5 Å². The highest BCUT2D eigenvalue weighted by Gasteiger charge is 2.20. The highest BCUT2D eigenvalue weighted by atomic mass is 32.1. The summed E-state index contributed by atoms with van der Waals surface area (Å²) in [7, 11) is 0. The van der Waals surface area contributed by atoms with Crippen LogP contribution in [0.2, 0.25) is 0 Å². The van der Waals surface area contributed by atoms with E-state index in [1.54, 1.807) is 11.6 Å². The second-order valence-corrected chi connectivity index (χ2v) is 4.79. The molecule has 0 amide bonds. The highest BCUT2D eigenvalue weighted by Crippen LogP contribution is 2.13. The highest BCUT2D eigenvalue weighted by molar-refractivity contribution is 7.09. The van der Waals surface area contributed by atoms with E-state index in [9.17, 15) is 4.79 Å². The number of esters is 1. The summed E-state index contributed by atoms with van der Waals surface area (Å²) in [5.41, 5.74) is 7.36. The lowest BCUT2D eigenvalue weighted by atomic mass is 10.3. The fraction of sp³-hybridized carbons (Fsp3) is 0.455. The van der Waals surface area contributed by atoms with Crippen molar-refractivity contribution in [2.45, 2.75) is 26.9 Å². The number of carbonyl (C=O) groups is 1. The van der Waals surface area contributed by atoms with Crippen LogP contribution in [0, 0.1) is 6.92 Å². The fourth-order valence-electron chi connectivity index (χ4n) is 1.62. The molecule has 0 aliphatic heterocycles. The van der Waals surface area contributed by atoms with Gasteiger partial charge >= 0.3 is 5.97 Å². The minimum atomic E-state index is -0.496. The summed E-state index contributed by atoms with van der Waals surface area (Å²) in [6.07, 6.45) is 0. The number of hydrogen-bond donors (Lipinski definition) is 1. The smallest absolute Gasteiger partial charge is 0.360 e. The summed E-state index contributed by atoms with van der Waals surface area (Å²) in [5, 5.41) is 10.6. The molecular formula is C11H15N5O2S. The van der Waals surface area contributed by atoms with Crippen molar-refractivity contribution in [1.82, 2.24) is 20.0 Å². The van der Waals surface area contributed by atoms with Crippen LogP contribution in [-0.2, 0) is 17.8 Å².